The van der Waals surface area contributed by atoms with Crippen LogP contribution >= 0.6 is 92.9 Å². The summed E-state index contributed by atoms with van der Waals surface area (Å²) in [6, 6.07) is 43.5. The number of nitrogens with two attached hydrogens (primary N) is 4. The van der Waals surface area contributed by atoms with Crippen LogP contribution in [0.3, 0.4) is 0 Å². The molecule has 124 heavy (non-hydrogen) atoms. The highest BCUT2D eigenvalue weighted by atomic mass is 35.5. The molecule has 35 heteroatoms. The fraction of sp³-hybridized carbons (Fsp3) is 0.303. The number of hydrogen-bond acceptors (Lipinski definition) is 23. The minimum Gasteiger partial charge on any atom is -0.399 e. The van der Waals surface area contributed by atoms with Gasteiger partial charge in [0.25, 0.3) is 23.6 Å². The molecule has 0 bridgehead atoms. The number of sulfone groups is 2. The smallest absolute Gasteiger partial charge is 0.257 e. The number of fused-ring (bicyclic) bond motifs is 5. The Balaban J connectivity index is 0.000000167. The van der Waals surface area contributed by atoms with Gasteiger partial charge >= 0.3 is 0 Å². The van der Waals surface area contributed by atoms with Gasteiger partial charge in [-0.05, 0) is 194 Å². The summed E-state index contributed by atoms with van der Waals surface area (Å²) in [7, 11) is -0.0502. The van der Waals surface area contributed by atoms with E-state index in [1.807, 2.05) is 62.8 Å². The number of aryl methyl sites for hydroxylation is 6. The van der Waals surface area contributed by atoms with Crippen molar-refractivity contribution in [1.82, 2.24) is 44.5 Å². The first-order valence-electron chi connectivity index (χ1n) is 39.5. The topological polar surface area (TPSA) is 371 Å². The van der Waals surface area contributed by atoms with Gasteiger partial charge in [0.1, 0.15) is 20.6 Å². The lowest BCUT2D eigenvalue weighted by Gasteiger charge is -2.15. The number of thioether (sulfide) groups is 2. The minimum absolute atomic E-state index is 0.0254. The van der Waals surface area contributed by atoms with Gasteiger partial charge in [0.05, 0.1) is 130 Å². The summed E-state index contributed by atoms with van der Waals surface area (Å²) in [4.78, 5) is 88.5. The van der Waals surface area contributed by atoms with Crippen molar-refractivity contribution in [2.75, 3.05) is 86.4 Å². The van der Waals surface area contributed by atoms with Crippen molar-refractivity contribution in [1.29, 1.82) is 0 Å². The molecule has 5 amide bonds. The number of nitrogens with one attached hydrogen (secondary N) is 3. The van der Waals surface area contributed by atoms with Crippen LogP contribution < -0.4 is 38.9 Å². The molecule has 4 aliphatic heterocycles. The first-order valence-corrected chi connectivity index (χ1v) is 48.5. The Morgan fingerprint density at radius 2 is 0.758 bits per heavy atom. The molecule has 0 spiro atoms. The zero-order valence-electron chi connectivity index (χ0n) is 71.3. The lowest BCUT2D eigenvalue weighted by molar-refractivity contribution is -0.119. The predicted molar refractivity (Wildman–Crippen MR) is 508 cm³/mol. The second-order valence-corrected chi connectivity index (χ2v) is 38.1. The third-order valence-electron chi connectivity index (χ3n) is 20.1. The highest BCUT2D eigenvalue weighted by molar-refractivity contribution is 7.99. The first-order chi connectivity index (χ1) is 58.7. The molecular weight excluding hydrogens is 1770 g/mol. The molecule has 5 aliphatic rings. The number of benzene rings is 6. The summed E-state index contributed by atoms with van der Waals surface area (Å²) in [5.41, 5.74) is 39.4. The Hall–Kier alpha value is -9.99. The van der Waals surface area contributed by atoms with Gasteiger partial charge in [-0.1, -0.05) is 153 Å². The fourth-order valence-corrected chi connectivity index (χ4v) is 18.0. The third kappa shape index (κ3) is 25.6. The quantitative estimate of drug-likeness (QED) is 0.0253. The minimum atomic E-state index is -3.44. The average Bonchev–Trinajstić information content (AvgIpc) is 1.61. The number of primary amides is 1. The molecule has 16 rings (SSSR count). The molecular formula is C89H101Cl5N16O9S5. The summed E-state index contributed by atoms with van der Waals surface area (Å²) in [6.07, 6.45) is 14.1. The molecule has 9 heterocycles. The van der Waals surface area contributed by atoms with Gasteiger partial charge in [0, 0.05) is 67.8 Å². The SMILES string of the molecule is CCc1ccc(N)c(SC)c1.CCc1ccc(N)cc1.CCc1ccc(Nc2cc(Cl)nc3c2C(=O)N(C)C3)c(S(C)(=O)=O)c1.CCc1ccc(Nc2cc(Cl)nc3c2C(=O)N(C)C3)c(S(C)(=O)=O)c1.CCc1ccc(Nc2cc(Cl)nc3c2C(=O)N(C)C3)c(SC)c1.CCc1ccc2nc(N)sc2c1.CN1Cc2nc(Cl)cc(Cl)c2C1=O.NC(=O)C1CC1. The van der Waals surface area contributed by atoms with Crippen LogP contribution in [0.2, 0.25) is 25.6 Å². The number of carbonyl (C=O) groups is 5. The van der Waals surface area contributed by atoms with Gasteiger partial charge in [-0.25, -0.2) is 41.8 Å². The maximum atomic E-state index is 12.4. The number of rotatable bonds is 17. The Morgan fingerprint density at radius 1 is 0.427 bits per heavy atom. The standard InChI is InChI=1S/2C17H18ClN3O3S.C17H18ClN3OS.C9H10N2S.C9H13NS.C8H6Cl2N2O.C8H11N.C4H7NO/c2*1-4-10-5-6-11(14(7-10)25(3,23)24)19-12-8-15(18)20-13-9-21(2)17(22)16(12)13;1-4-10-5-6-11(14(7-10)23-3)19-12-8-15(18)20-13-9-21(2)17(22)16(12)13;1-2-6-3-4-7-8(5-6)12-9(10)11-7;1-3-7-4-5-8(10)9(6-7)11-2;1-12-3-5-7(8(12)13)4(9)2-6(10)11-5;1-2-7-3-5-8(9)6-4-7;5-4(6)3-1-2-3/h2*5-8H,4,9H2,1-3H3,(H,19,20);5-8H,4,9H2,1-3H3,(H,19,20);3-5H,2H2,1H3,(H2,10,11);4-6H,3,10H2,1-2H3;2H,3H2,1H3;3-6H,2,9H2,1H3;3H,1-2H2,(H2,5,6). The number of halogens is 5. The van der Waals surface area contributed by atoms with E-state index in [4.69, 9.17) is 80.9 Å². The molecule has 0 atom stereocenters. The number of pyridine rings is 4. The molecule has 1 saturated carbocycles. The third-order valence-corrected chi connectivity index (χ3v) is 25.9. The number of carbonyl (C=O) groups excluding carboxylic acids is 5. The van der Waals surface area contributed by atoms with Crippen molar-refractivity contribution in [2.45, 2.75) is 139 Å². The van der Waals surface area contributed by atoms with Crippen molar-refractivity contribution < 1.29 is 40.8 Å². The van der Waals surface area contributed by atoms with Crippen LogP contribution in [0, 0.1) is 5.92 Å². The highest BCUT2D eigenvalue weighted by Crippen LogP contribution is 2.40. The Bertz CT molecular complexity index is 5890. The summed E-state index contributed by atoms with van der Waals surface area (Å²) in [5.74, 6) is -0.354. The van der Waals surface area contributed by atoms with E-state index in [9.17, 15) is 40.8 Å². The van der Waals surface area contributed by atoms with E-state index in [0.717, 1.165) is 108 Å². The summed E-state index contributed by atoms with van der Waals surface area (Å²) in [5, 5.41) is 11.8. The van der Waals surface area contributed by atoms with E-state index in [1.54, 1.807) is 103 Å². The number of thiazole rings is 1. The lowest BCUT2D eigenvalue weighted by atomic mass is 10.1. The fourth-order valence-electron chi connectivity index (χ4n) is 13.1. The number of aromatic nitrogens is 5. The van der Waals surface area contributed by atoms with Gasteiger partial charge in [0.2, 0.25) is 5.91 Å². The van der Waals surface area contributed by atoms with Crippen LogP contribution in [0.25, 0.3) is 10.2 Å². The van der Waals surface area contributed by atoms with Gasteiger partial charge in [-0.2, -0.15) is 0 Å². The molecule has 656 valence electrons. The molecule has 0 saturated heterocycles. The largest absolute Gasteiger partial charge is 0.399 e. The van der Waals surface area contributed by atoms with E-state index in [2.05, 4.69) is 123 Å². The van der Waals surface area contributed by atoms with Crippen molar-refractivity contribution in [3.8, 4) is 0 Å². The molecule has 11 N–H and O–H groups in total. The summed E-state index contributed by atoms with van der Waals surface area (Å²) < 4.78 is 49.9. The van der Waals surface area contributed by atoms with E-state index in [0.29, 0.717) is 114 Å². The van der Waals surface area contributed by atoms with Crippen LogP contribution in [-0.4, -0.2) is 144 Å². The zero-order chi connectivity index (χ0) is 90.9. The number of amides is 5. The van der Waals surface area contributed by atoms with Crippen LogP contribution in [0.4, 0.5) is 50.6 Å². The maximum absolute atomic E-state index is 12.4. The van der Waals surface area contributed by atoms with Gasteiger partial charge in [-0.3, -0.25) is 24.0 Å². The Labute approximate surface area is 762 Å². The van der Waals surface area contributed by atoms with Gasteiger partial charge < -0.3 is 58.5 Å². The number of anilines is 9. The normalized spacial score (nSPS) is 13.3. The summed E-state index contributed by atoms with van der Waals surface area (Å²) in [6.45, 7) is 14.2. The number of nitrogens with zero attached hydrogens (tertiary/aromatic N) is 9. The van der Waals surface area contributed by atoms with E-state index >= 15 is 0 Å². The highest BCUT2D eigenvalue weighted by Gasteiger charge is 2.34. The number of hydrogen-bond donors (Lipinski definition) is 7. The van der Waals surface area contributed by atoms with Crippen molar-refractivity contribution in [2.24, 2.45) is 11.7 Å². The molecule has 0 unspecified atom stereocenters. The van der Waals surface area contributed by atoms with E-state index in [-0.39, 0.29) is 55.6 Å². The molecule has 5 aromatic heterocycles. The molecule has 25 nitrogen and oxygen atoms in total. The van der Waals surface area contributed by atoms with Gasteiger partial charge in [0.15, 0.2) is 24.8 Å². The van der Waals surface area contributed by atoms with Crippen molar-refractivity contribution in [3.63, 3.8) is 0 Å². The summed E-state index contributed by atoms with van der Waals surface area (Å²) >= 11 is 34.7. The second kappa shape index (κ2) is 43.8. The lowest BCUT2D eigenvalue weighted by Crippen LogP contribution is -2.18. The second-order valence-electron chi connectivity index (χ2n) is 29.4. The Kier molecular flexibility index (Phi) is 34.5. The van der Waals surface area contributed by atoms with Crippen LogP contribution in [0.15, 0.2) is 159 Å². The zero-order valence-corrected chi connectivity index (χ0v) is 79.1. The maximum Gasteiger partial charge on any atom is 0.257 e. The molecule has 0 radical (unpaired) electrons. The van der Waals surface area contributed by atoms with Crippen LogP contribution in [-0.2, 0) is 89.2 Å². The number of nitrogen functional groups attached to an aromatic ring is 3. The molecule has 6 aromatic carbocycles. The first kappa shape index (κ1) is 97.8. The van der Waals surface area contributed by atoms with Crippen molar-refractivity contribution in [3.05, 3.63) is 244 Å². The van der Waals surface area contributed by atoms with E-state index < -0.39 is 19.7 Å². The van der Waals surface area contributed by atoms with Crippen molar-refractivity contribution >= 4 is 203 Å². The van der Waals surface area contributed by atoms with Crippen LogP contribution in [0.1, 0.15) is 152 Å². The molecule has 1 aliphatic carbocycles. The van der Waals surface area contributed by atoms with Gasteiger partial charge in [-0.15, -0.1) is 23.5 Å². The molecule has 1 fully saturated rings. The van der Waals surface area contributed by atoms with Crippen LogP contribution in [0.5, 0.6) is 0 Å². The predicted octanol–water partition coefficient (Wildman–Crippen LogP) is 19.1. The molecule has 11 aromatic rings. The average molecular weight is 1880 g/mol. The Morgan fingerprint density at radius 3 is 1.13 bits per heavy atom. The monoisotopic (exact) mass is 1870 g/mol. The van der Waals surface area contributed by atoms with E-state index in [1.165, 1.54) is 59.8 Å².